The second-order valence-corrected chi connectivity index (χ2v) is 10.5. The molecule has 1 aliphatic carbocycles. The van der Waals surface area contributed by atoms with Gasteiger partial charge in [-0.2, -0.15) is 0 Å². The zero-order valence-electron chi connectivity index (χ0n) is 16.5. The Hall–Kier alpha value is -2.47. The van der Waals surface area contributed by atoms with Gasteiger partial charge in [0.25, 0.3) is 0 Å². The molecule has 1 aliphatic rings. The fourth-order valence-electron chi connectivity index (χ4n) is 4.34. The van der Waals surface area contributed by atoms with E-state index in [9.17, 15) is 23.9 Å². The Labute approximate surface area is 192 Å². The average molecular weight is 488 g/mol. The first-order valence-electron chi connectivity index (χ1n) is 9.79. The van der Waals surface area contributed by atoms with Gasteiger partial charge < -0.3 is 14.4 Å². The van der Waals surface area contributed by atoms with Crippen molar-refractivity contribution in [2.45, 2.75) is 13.0 Å². The SMILES string of the molecule is O=C1c2ccc(Cl)cc2Cc2cc3c(=O)c4ccc(Cl)cc4n(CCP(=O)(O)O)c3cc21. The molecule has 0 bridgehead atoms. The number of fused-ring (bicyclic) bond motifs is 4. The molecule has 9 heteroatoms. The summed E-state index contributed by atoms with van der Waals surface area (Å²) in [5.74, 6) is -0.181. The fourth-order valence-corrected chi connectivity index (χ4v) is 5.16. The van der Waals surface area contributed by atoms with Crippen molar-refractivity contribution in [1.82, 2.24) is 4.57 Å². The highest BCUT2D eigenvalue weighted by molar-refractivity contribution is 7.51. The molecular weight excluding hydrogens is 472 g/mol. The predicted octanol–water partition coefficient (Wildman–Crippen LogP) is 4.77. The molecule has 0 saturated carbocycles. The molecule has 0 radical (unpaired) electrons. The number of pyridine rings is 1. The lowest BCUT2D eigenvalue weighted by molar-refractivity contribution is 0.103. The van der Waals surface area contributed by atoms with Crippen molar-refractivity contribution in [3.05, 3.63) is 91.1 Å². The molecule has 0 atom stereocenters. The number of aromatic nitrogens is 1. The van der Waals surface area contributed by atoms with Crippen molar-refractivity contribution in [3.63, 3.8) is 0 Å². The Kier molecular flexibility index (Phi) is 5.04. The van der Waals surface area contributed by atoms with E-state index in [1.54, 1.807) is 53.1 Å². The fraction of sp³-hybridized carbons (Fsp3) is 0.130. The van der Waals surface area contributed by atoms with Crippen LogP contribution in [0.25, 0.3) is 21.8 Å². The van der Waals surface area contributed by atoms with Gasteiger partial charge in [0.15, 0.2) is 11.2 Å². The van der Waals surface area contributed by atoms with Crippen LogP contribution in [0, 0.1) is 0 Å². The van der Waals surface area contributed by atoms with Crippen LogP contribution in [-0.4, -0.2) is 26.3 Å². The summed E-state index contributed by atoms with van der Waals surface area (Å²) >= 11 is 12.3. The molecule has 5 rings (SSSR count). The van der Waals surface area contributed by atoms with Crippen LogP contribution in [-0.2, 0) is 17.5 Å². The summed E-state index contributed by atoms with van der Waals surface area (Å²) in [6.45, 7) is -0.0446. The van der Waals surface area contributed by atoms with Crippen LogP contribution in [0.3, 0.4) is 0 Å². The summed E-state index contributed by atoms with van der Waals surface area (Å²) in [7, 11) is -4.31. The first-order valence-corrected chi connectivity index (χ1v) is 12.3. The minimum atomic E-state index is -4.31. The quantitative estimate of drug-likeness (QED) is 0.282. The van der Waals surface area contributed by atoms with E-state index in [4.69, 9.17) is 23.2 Å². The smallest absolute Gasteiger partial charge is 0.327 e. The van der Waals surface area contributed by atoms with E-state index in [1.165, 1.54) is 0 Å². The van der Waals surface area contributed by atoms with E-state index in [1.807, 2.05) is 0 Å². The molecule has 6 nitrogen and oxygen atoms in total. The summed E-state index contributed by atoms with van der Waals surface area (Å²) in [6, 6.07) is 13.3. The third-order valence-electron chi connectivity index (χ3n) is 5.80. The molecule has 0 fully saturated rings. The molecule has 4 aromatic rings. The molecule has 0 amide bonds. The monoisotopic (exact) mass is 487 g/mol. The number of carbonyl (C=O) groups excluding carboxylic acids is 1. The van der Waals surface area contributed by atoms with Crippen molar-refractivity contribution in [1.29, 1.82) is 0 Å². The van der Waals surface area contributed by atoms with Crippen molar-refractivity contribution in [3.8, 4) is 0 Å². The molecule has 2 N–H and O–H groups in total. The van der Waals surface area contributed by atoms with Crippen LogP contribution in [0.2, 0.25) is 10.0 Å². The van der Waals surface area contributed by atoms with Crippen molar-refractivity contribution in [2.24, 2.45) is 0 Å². The zero-order valence-corrected chi connectivity index (χ0v) is 18.9. The predicted molar refractivity (Wildman–Crippen MR) is 125 cm³/mol. The van der Waals surface area contributed by atoms with Gasteiger partial charge in [-0.05, 0) is 66.1 Å². The van der Waals surface area contributed by atoms with Crippen LogP contribution >= 0.6 is 30.8 Å². The number of nitrogens with zero attached hydrogens (tertiary/aromatic N) is 1. The third-order valence-corrected chi connectivity index (χ3v) is 7.06. The Bertz CT molecular complexity index is 1570. The van der Waals surface area contributed by atoms with E-state index >= 15 is 0 Å². The Morgan fingerprint density at radius 1 is 0.844 bits per heavy atom. The lowest BCUT2D eigenvalue weighted by Crippen LogP contribution is -2.19. The molecule has 162 valence electrons. The Morgan fingerprint density at radius 2 is 1.50 bits per heavy atom. The normalized spacial score (nSPS) is 13.4. The van der Waals surface area contributed by atoms with Gasteiger partial charge in [0.2, 0.25) is 0 Å². The number of benzene rings is 3. The minimum absolute atomic E-state index is 0.0446. The van der Waals surface area contributed by atoms with E-state index in [0.29, 0.717) is 55.0 Å². The highest BCUT2D eigenvalue weighted by Crippen LogP contribution is 2.36. The number of hydrogen-bond donors (Lipinski definition) is 2. The van der Waals surface area contributed by atoms with Gasteiger partial charge in [-0.15, -0.1) is 0 Å². The molecule has 3 aromatic carbocycles. The maximum Gasteiger partial charge on any atom is 0.327 e. The third kappa shape index (κ3) is 3.58. The average Bonchev–Trinajstić information content (AvgIpc) is 2.72. The van der Waals surface area contributed by atoms with E-state index in [-0.39, 0.29) is 17.8 Å². The Morgan fingerprint density at radius 3 is 2.25 bits per heavy atom. The molecular formula is C23H16Cl2NO5P. The van der Waals surface area contributed by atoms with Gasteiger partial charge in [0, 0.05) is 38.5 Å². The standard InChI is InChI=1S/C23H16Cl2NO5P/c24-14-1-3-16-12(8-14)7-13-9-19-21(11-18(13)22(16)27)26(5-6-32(29,30)31)20-10-15(25)2-4-17(20)23(19)28/h1-4,8-11H,5-7H2,(H2,29,30,31). The second kappa shape index (κ2) is 7.55. The van der Waals surface area contributed by atoms with E-state index in [0.717, 1.165) is 5.56 Å². The first-order chi connectivity index (χ1) is 15.1. The van der Waals surface area contributed by atoms with Crippen molar-refractivity contribution >= 4 is 58.4 Å². The van der Waals surface area contributed by atoms with Crippen LogP contribution in [0.1, 0.15) is 27.0 Å². The maximum absolute atomic E-state index is 13.3. The Balaban J connectivity index is 1.82. The first kappa shape index (κ1) is 21.4. The number of halogens is 2. The van der Waals surface area contributed by atoms with Crippen LogP contribution in [0.5, 0.6) is 0 Å². The largest absolute Gasteiger partial charge is 0.340 e. The minimum Gasteiger partial charge on any atom is -0.340 e. The summed E-state index contributed by atoms with van der Waals surface area (Å²) in [5, 5.41) is 1.69. The van der Waals surface area contributed by atoms with Gasteiger partial charge in [-0.3, -0.25) is 14.2 Å². The number of carbonyl (C=O) groups is 1. The number of ketones is 1. The second-order valence-electron chi connectivity index (χ2n) is 7.86. The molecule has 0 spiro atoms. The lowest BCUT2D eigenvalue weighted by atomic mass is 9.84. The van der Waals surface area contributed by atoms with Gasteiger partial charge >= 0.3 is 7.60 Å². The number of rotatable bonds is 3. The van der Waals surface area contributed by atoms with E-state index in [2.05, 4.69) is 0 Å². The highest BCUT2D eigenvalue weighted by atomic mass is 35.5. The summed E-state index contributed by atoms with van der Waals surface area (Å²) in [6.07, 6.45) is 0.0342. The van der Waals surface area contributed by atoms with Gasteiger partial charge in [0.1, 0.15) is 0 Å². The summed E-state index contributed by atoms with van der Waals surface area (Å²) < 4.78 is 13.2. The van der Waals surface area contributed by atoms with Crippen molar-refractivity contribution < 1.29 is 19.1 Å². The van der Waals surface area contributed by atoms with Crippen LogP contribution in [0.4, 0.5) is 0 Å². The van der Waals surface area contributed by atoms with Gasteiger partial charge in [-0.25, -0.2) is 0 Å². The summed E-state index contributed by atoms with van der Waals surface area (Å²) in [5.41, 5.74) is 3.17. The molecule has 0 saturated heterocycles. The van der Waals surface area contributed by atoms with Crippen LogP contribution < -0.4 is 5.43 Å². The number of hydrogen-bond acceptors (Lipinski definition) is 3. The van der Waals surface area contributed by atoms with Crippen molar-refractivity contribution in [2.75, 3.05) is 6.16 Å². The molecule has 32 heavy (non-hydrogen) atoms. The molecule has 1 heterocycles. The molecule has 0 aliphatic heterocycles. The topological polar surface area (TPSA) is 96.6 Å². The molecule has 1 aromatic heterocycles. The summed E-state index contributed by atoms with van der Waals surface area (Å²) in [4.78, 5) is 45.4. The lowest BCUT2D eigenvalue weighted by Gasteiger charge is -2.22. The maximum atomic E-state index is 13.3. The van der Waals surface area contributed by atoms with Gasteiger partial charge in [0.05, 0.1) is 17.2 Å². The number of aryl methyl sites for hydroxylation is 1. The highest BCUT2D eigenvalue weighted by Gasteiger charge is 2.26. The molecule has 0 unspecified atom stereocenters. The van der Waals surface area contributed by atoms with Crippen LogP contribution in [0.15, 0.2) is 53.3 Å². The van der Waals surface area contributed by atoms with E-state index < -0.39 is 13.8 Å². The van der Waals surface area contributed by atoms with Gasteiger partial charge in [-0.1, -0.05) is 23.2 Å². The zero-order chi connectivity index (χ0) is 22.8.